The van der Waals surface area contributed by atoms with Crippen molar-refractivity contribution in [3.05, 3.63) is 41.8 Å². The van der Waals surface area contributed by atoms with E-state index in [2.05, 4.69) is 22.4 Å². The van der Waals surface area contributed by atoms with Crippen LogP contribution in [0.15, 0.2) is 33.7 Å². The fourth-order valence-corrected chi connectivity index (χ4v) is 2.76. The molecule has 2 aromatic rings. The van der Waals surface area contributed by atoms with E-state index in [9.17, 15) is 4.39 Å². The van der Waals surface area contributed by atoms with Crippen LogP contribution in [-0.4, -0.2) is 23.2 Å². The summed E-state index contributed by atoms with van der Waals surface area (Å²) in [5.74, 6) is 1.73. The second-order valence-corrected chi connectivity index (χ2v) is 5.87. The Morgan fingerprint density at radius 2 is 2.10 bits per heavy atom. The van der Waals surface area contributed by atoms with Gasteiger partial charge in [0.2, 0.25) is 5.89 Å². The number of hydrogen-bond acceptors (Lipinski definition) is 5. The predicted octanol–water partition coefficient (Wildman–Crippen LogP) is 3.43. The van der Waals surface area contributed by atoms with Gasteiger partial charge in [-0.25, -0.2) is 4.39 Å². The molecule has 6 heteroatoms. The standard InChI is InChI=1S/C15H20FN3OS/c1-3-4-12(17-2)9-15-18-14(19-20-15)10-21-13-7-5-11(16)6-8-13/h5-8,12,17H,3-4,9-10H2,1-2H3. The topological polar surface area (TPSA) is 51.0 Å². The van der Waals surface area contributed by atoms with Crippen molar-refractivity contribution < 1.29 is 8.91 Å². The lowest BCUT2D eigenvalue weighted by Crippen LogP contribution is -2.27. The molecular weight excluding hydrogens is 289 g/mol. The molecule has 1 unspecified atom stereocenters. The van der Waals surface area contributed by atoms with E-state index < -0.39 is 0 Å². The van der Waals surface area contributed by atoms with Crippen LogP contribution in [0.2, 0.25) is 0 Å². The van der Waals surface area contributed by atoms with Crippen LogP contribution in [-0.2, 0) is 12.2 Å². The molecule has 1 atom stereocenters. The Morgan fingerprint density at radius 1 is 1.33 bits per heavy atom. The zero-order chi connectivity index (χ0) is 15.1. The number of nitrogens with one attached hydrogen (secondary N) is 1. The predicted molar refractivity (Wildman–Crippen MR) is 81.7 cm³/mol. The molecule has 0 bridgehead atoms. The molecule has 0 radical (unpaired) electrons. The van der Waals surface area contributed by atoms with E-state index in [1.807, 2.05) is 7.05 Å². The van der Waals surface area contributed by atoms with Gasteiger partial charge < -0.3 is 9.84 Å². The molecule has 21 heavy (non-hydrogen) atoms. The first-order chi connectivity index (χ1) is 10.2. The highest BCUT2D eigenvalue weighted by Gasteiger charge is 2.12. The van der Waals surface area contributed by atoms with Crippen LogP contribution >= 0.6 is 11.8 Å². The van der Waals surface area contributed by atoms with E-state index in [1.165, 1.54) is 12.1 Å². The van der Waals surface area contributed by atoms with E-state index in [1.54, 1.807) is 23.9 Å². The van der Waals surface area contributed by atoms with Gasteiger partial charge in [0, 0.05) is 17.4 Å². The summed E-state index contributed by atoms with van der Waals surface area (Å²) in [6, 6.07) is 6.77. The molecule has 4 nitrogen and oxygen atoms in total. The number of halogens is 1. The SMILES string of the molecule is CCCC(Cc1nc(CSc2ccc(F)cc2)no1)NC. The average molecular weight is 309 g/mol. The van der Waals surface area contributed by atoms with Gasteiger partial charge in [0.1, 0.15) is 5.82 Å². The summed E-state index contributed by atoms with van der Waals surface area (Å²) in [5, 5.41) is 7.24. The smallest absolute Gasteiger partial charge is 0.228 e. The summed E-state index contributed by atoms with van der Waals surface area (Å²) in [4.78, 5) is 5.39. The number of hydrogen-bond donors (Lipinski definition) is 1. The van der Waals surface area contributed by atoms with E-state index in [4.69, 9.17) is 4.52 Å². The third kappa shape index (κ3) is 5.13. The molecule has 1 N–H and O–H groups in total. The summed E-state index contributed by atoms with van der Waals surface area (Å²) < 4.78 is 18.1. The summed E-state index contributed by atoms with van der Waals surface area (Å²) in [6.07, 6.45) is 2.95. The lowest BCUT2D eigenvalue weighted by Gasteiger charge is -2.11. The van der Waals surface area contributed by atoms with Gasteiger partial charge in [-0.2, -0.15) is 4.98 Å². The van der Waals surface area contributed by atoms with Gasteiger partial charge in [-0.05, 0) is 37.7 Å². The Kier molecular flexibility index (Phi) is 6.20. The number of thioether (sulfide) groups is 1. The first-order valence-electron chi connectivity index (χ1n) is 7.08. The zero-order valence-corrected chi connectivity index (χ0v) is 13.1. The van der Waals surface area contributed by atoms with Gasteiger partial charge in [-0.3, -0.25) is 0 Å². The number of nitrogens with zero attached hydrogens (tertiary/aromatic N) is 2. The molecular formula is C15H20FN3OS. The highest BCUT2D eigenvalue weighted by atomic mass is 32.2. The second kappa shape index (κ2) is 8.14. The molecule has 0 spiro atoms. The first kappa shape index (κ1) is 16.0. The third-order valence-electron chi connectivity index (χ3n) is 3.16. The van der Waals surface area contributed by atoms with E-state index in [-0.39, 0.29) is 5.82 Å². The normalized spacial score (nSPS) is 12.5. The Hall–Kier alpha value is -1.40. The largest absolute Gasteiger partial charge is 0.339 e. The molecule has 2 rings (SSSR count). The van der Waals surface area contributed by atoms with E-state index in [0.717, 1.165) is 24.2 Å². The van der Waals surface area contributed by atoms with Crippen molar-refractivity contribution in [3.63, 3.8) is 0 Å². The highest BCUT2D eigenvalue weighted by Crippen LogP contribution is 2.21. The van der Waals surface area contributed by atoms with Gasteiger partial charge in [0.15, 0.2) is 5.82 Å². The molecule has 114 valence electrons. The van der Waals surface area contributed by atoms with Gasteiger partial charge >= 0.3 is 0 Å². The minimum atomic E-state index is -0.227. The maximum absolute atomic E-state index is 12.8. The van der Waals surface area contributed by atoms with Crippen molar-refractivity contribution in [2.24, 2.45) is 0 Å². The maximum atomic E-state index is 12.8. The molecule has 0 aliphatic carbocycles. The molecule has 0 aliphatic heterocycles. The van der Waals surface area contributed by atoms with Crippen molar-refractivity contribution in [1.82, 2.24) is 15.5 Å². The van der Waals surface area contributed by atoms with Crippen LogP contribution in [0.3, 0.4) is 0 Å². The quantitative estimate of drug-likeness (QED) is 0.757. The van der Waals surface area contributed by atoms with Gasteiger partial charge in [-0.1, -0.05) is 18.5 Å². The molecule has 0 fully saturated rings. The van der Waals surface area contributed by atoms with E-state index >= 15 is 0 Å². The molecule has 0 saturated heterocycles. The summed E-state index contributed by atoms with van der Waals surface area (Å²) >= 11 is 1.56. The molecule has 0 saturated carbocycles. The van der Waals surface area contributed by atoms with Crippen LogP contribution in [0.5, 0.6) is 0 Å². The number of benzene rings is 1. The lowest BCUT2D eigenvalue weighted by molar-refractivity contribution is 0.353. The fraction of sp³-hybridized carbons (Fsp3) is 0.467. The van der Waals surface area contributed by atoms with Crippen LogP contribution in [0.4, 0.5) is 4.39 Å². The van der Waals surface area contributed by atoms with Crippen LogP contribution in [0, 0.1) is 5.82 Å². The Balaban J connectivity index is 1.86. The lowest BCUT2D eigenvalue weighted by atomic mass is 10.1. The van der Waals surface area contributed by atoms with Gasteiger partial charge in [0.05, 0.1) is 5.75 Å². The minimum absolute atomic E-state index is 0.227. The summed E-state index contributed by atoms with van der Waals surface area (Å²) in [7, 11) is 1.95. The second-order valence-electron chi connectivity index (χ2n) is 4.83. The minimum Gasteiger partial charge on any atom is -0.339 e. The highest BCUT2D eigenvalue weighted by molar-refractivity contribution is 7.98. The molecule has 1 aromatic heterocycles. The number of rotatable bonds is 8. The van der Waals surface area contributed by atoms with Crippen molar-refractivity contribution in [1.29, 1.82) is 0 Å². The Morgan fingerprint density at radius 3 is 2.76 bits per heavy atom. The fourth-order valence-electron chi connectivity index (χ4n) is 2.02. The van der Waals surface area contributed by atoms with Crippen LogP contribution < -0.4 is 5.32 Å². The summed E-state index contributed by atoms with van der Waals surface area (Å²) in [6.45, 7) is 2.16. The Bertz CT molecular complexity index is 544. The van der Waals surface area contributed by atoms with Crippen molar-refractivity contribution in [2.75, 3.05) is 7.05 Å². The molecule has 1 aromatic carbocycles. The average Bonchev–Trinajstić information content (AvgIpc) is 2.94. The Labute approximate surface area is 128 Å². The molecule has 0 aliphatic rings. The van der Waals surface area contributed by atoms with Crippen molar-refractivity contribution in [2.45, 2.75) is 42.9 Å². The summed E-state index contributed by atoms with van der Waals surface area (Å²) in [5.41, 5.74) is 0. The van der Waals surface area contributed by atoms with Gasteiger partial charge in [-0.15, -0.1) is 11.8 Å². The van der Waals surface area contributed by atoms with Crippen LogP contribution in [0.1, 0.15) is 31.5 Å². The number of aromatic nitrogens is 2. The van der Waals surface area contributed by atoms with Crippen molar-refractivity contribution >= 4 is 11.8 Å². The van der Waals surface area contributed by atoms with Crippen molar-refractivity contribution in [3.8, 4) is 0 Å². The molecule has 1 heterocycles. The van der Waals surface area contributed by atoms with Gasteiger partial charge in [0.25, 0.3) is 0 Å². The maximum Gasteiger partial charge on any atom is 0.228 e. The third-order valence-corrected chi connectivity index (χ3v) is 4.17. The number of likely N-dealkylation sites (N-methyl/N-ethyl adjacent to an activating group) is 1. The van der Waals surface area contributed by atoms with Crippen LogP contribution in [0.25, 0.3) is 0 Å². The first-order valence-corrected chi connectivity index (χ1v) is 8.07. The molecule has 0 amide bonds. The zero-order valence-electron chi connectivity index (χ0n) is 12.3. The van der Waals surface area contributed by atoms with E-state index in [0.29, 0.717) is 23.5 Å². The monoisotopic (exact) mass is 309 g/mol.